The van der Waals surface area contributed by atoms with Gasteiger partial charge in [0, 0.05) is 5.75 Å². The van der Waals surface area contributed by atoms with E-state index in [4.69, 9.17) is 9.79 Å². The van der Waals surface area contributed by atoms with Crippen molar-refractivity contribution in [3.05, 3.63) is 48.0 Å². The number of rotatable bonds is 6. The summed E-state index contributed by atoms with van der Waals surface area (Å²) in [6.45, 7) is 0. The third kappa shape index (κ3) is 5.00. The highest BCUT2D eigenvalue weighted by atomic mass is 32.2. The van der Waals surface area contributed by atoms with Gasteiger partial charge >= 0.3 is 7.60 Å². The Labute approximate surface area is 117 Å². The van der Waals surface area contributed by atoms with Crippen LogP contribution >= 0.6 is 19.4 Å². The number of thioether (sulfide) groups is 1. The van der Waals surface area contributed by atoms with E-state index in [2.05, 4.69) is 30.3 Å². The van der Waals surface area contributed by atoms with Crippen LogP contribution in [-0.4, -0.2) is 21.7 Å². The second-order valence-corrected chi connectivity index (χ2v) is 7.36. The second-order valence-electron chi connectivity index (χ2n) is 4.48. The fraction of sp³-hybridized carbons (Fsp3) is 0.286. The summed E-state index contributed by atoms with van der Waals surface area (Å²) < 4.78 is 10.7. The van der Waals surface area contributed by atoms with Crippen LogP contribution in [0.15, 0.2) is 42.5 Å². The molecule has 0 aliphatic heterocycles. The maximum absolute atomic E-state index is 10.7. The Morgan fingerprint density at radius 2 is 1.79 bits per heavy atom. The van der Waals surface area contributed by atoms with E-state index in [0.717, 1.165) is 11.5 Å². The molecule has 5 heteroatoms. The monoisotopic (exact) mass is 296 g/mol. The van der Waals surface area contributed by atoms with Crippen LogP contribution in [0, 0.1) is 0 Å². The van der Waals surface area contributed by atoms with Crippen molar-refractivity contribution in [2.24, 2.45) is 0 Å². The largest absolute Gasteiger partial charge is 0.325 e. The highest BCUT2D eigenvalue weighted by Crippen LogP contribution is 2.35. The number of hydrogen-bond acceptors (Lipinski definition) is 2. The normalized spacial score (nSPS) is 11.9. The first kappa shape index (κ1) is 14.6. The molecule has 0 aromatic heterocycles. The first-order chi connectivity index (χ1) is 9.04. The van der Waals surface area contributed by atoms with E-state index in [1.54, 1.807) is 11.8 Å². The first-order valence-electron chi connectivity index (χ1n) is 6.15. The Kier molecular flexibility index (Phi) is 5.06. The van der Waals surface area contributed by atoms with Crippen molar-refractivity contribution >= 4 is 30.1 Å². The molecular formula is C14H17O3PS. The lowest BCUT2D eigenvalue weighted by Gasteiger charge is -2.05. The molecule has 0 saturated heterocycles. The molecule has 2 N–H and O–H groups in total. The summed E-state index contributed by atoms with van der Waals surface area (Å²) >= 11 is 1.71. The van der Waals surface area contributed by atoms with Gasteiger partial charge in [-0.05, 0) is 28.5 Å². The van der Waals surface area contributed by atoms with Crippen molar-refractivity contribution in [3.8, 4) is 0 Å². The minimum atomic E-state index is -3.82. The predicted octanol–water partition coefficient (Wildman–Crippen LogP) is 3.64. The molecule has 0 radical (unpaired) electrons. The van der Waals surface area contributed by atoms with E-state index in [9.17, 15) is 4.57 Å². The van der Waals surface area contributed by atoms with Gasteiger partial charge < -0.3 is 9.79 Å². The average Bonchev–Trinajstić information content (AvgIpc) is 2.37. The summed E-state index contributed by atoms with van der Waals surface area (Å²) in [5, 5.41) is 2.47. The van der Waals surface area contributed by atoms with Crippen LogP contribution in [0.1, 0.15) is 12.0 Å². The van der Waals surface area contributed by atoms with E-state index in [1.165, 1.54) is 16.3 Å². The van der Waals surface area contributed by atoms with Gasteiger partial charge in [-0.25, -0.2) is 0 Å². The Morgan fingerprint density at radius 3 is 2.53 bits per heavy atom. The highest BCUT2D eigenvalue weighted by molar-refractivity contribution is 7.98. The topological polar surface area (TPSA) is 57.5 Å². The fourth-order valence-corrected chi connectivity index (χ4v) is 3.58. The highest BCUT2D eigenvalue weighted by Gasteiger charge is 2.11. The van der Waals surface area contributed by atoms with E-state index in [0.29, 0.717) is 6.42 Å². The van der Waals surface area contributed by atoms with Crippen molar-refractivity contribution in [1.82, 2.24) is 0 Å². The predicted molar refractivity (Wildman–Crippen MR) is 81.6 cm³/mol. The summed E-state index contributed by atoms with van der Waals surface area (Å²) in [5.41, 5.74) is 1.25. The summed E-state index contributed by atoms with van der Waals surface area (Å²) in [6, 6.07) is 14.6. The van der Waals surface area contributed by atoms with Crippen LogP contribution in [0.25, 0.3) is 10.8 Å². The molecule has 0 fully saturated rings. The molecule has 102 valence electrons. The third-order valence-corrected chi connectivity index (χ3v) is 4.83. The molecule has 0 aliphatic rings. The van der Waals surface area contributed by atoms with E-state index in [1.807, 2.05) is 12.1 Å². The van der Waals surface area contributed by atoms with Gasteiger partial charge in [0.05, 0.1) is 6.16 Å². The molecule has 3 nitrogen and oxygen atoms in total. The van der Waals surface area contributed by atoms with Gasteiger partial charge in [0.15, 0.2) is 0 Å². The van der Waals surface area contributed by atoms with Gasteiger partial charge in [0.25, 0.3) is 0 Å². The van der Waals surface area contributed by atoms with Crippen molar-refractivity contribution < 1.29 is 14.4 Å². The maximum Gasteiger partial charge on any atom is 0.325 e. The van der Waals surface area contributed by atoms with Crippen molar-refractivity contribution in [2.45, 2.75) is 12.2 Å². The van der Waals surface area contributed by atoms with E-state index >= 15 is 0 Å². The van der Waals surface area contributed by atoms with Crippen LogP contribution < -0.4 is 0 Å². The molecule has 0 aliphatic carbocycles. The van der Waals surface area contributed by atoms with Gasteiger partial charge in [0.2, 0.25) is 0 Å². The standard InChI is InChI=1S/C14H17O3PS/c15-18(16,17)8-3-9-19-11-12-6-7-13-4-1-2-5-14(13)10-12/h1-2,4-7,10H,3,8-9,11H2,(H2,15,16,17). The molecule has 2 rings (SSSR count). The van der Waals surface area contributed by atoms with Gasteiger partial charge in [0.1, 0.15) is 0 Å². The van der Waals surface area contributed by atoms with Gasteiger partial charge in [-0.3, -0.25) is 4.57 Å². The molecule has 0 unspecified atom stereocenters. The molecule has 0 bridgehead atoms. The molecule has 0 amide bonds. The number of benzene rings is 2. The van der Waals surface area contributed by atoms with E-state index < -0.39 is 7.60 Å². The molecule has 0 saturated carbocycles. The fourth-order valence-electron chi connectivity index (χ4n) is 1.89. The van der Waals surface area contributed by atoms with Crippen LogP contribution in [0.4, 0.5) is 0 Å². The molecule has 0 heterocycles. The molecule has 19 heavy (non-hydrogen) atoms. The maximum atomic E-state index is 10.7. The third-order valence-electron chi connectivity index (χ3n) is 2.82. The Hall–Kier alpha value is -0.800. The second kappa shape index (κ2) is 6.58. The Balaban J connectivity index is 1.83. The zero-order chi connectivity index (χ0) is 13.7. The summed E-state index contributed by atoms with van der Waals surface area (Å²) in [5.74, 6) is 1.66. The van der Waals surface area contributed by atoms with Gasteiger partial charge in [-0.2, -0.15) is 11.8 Å². The van der Waals surface area contributed by atoms with Crippen LogP contribution in [0.3, 0.4) is 0 Å². The zero-order valence-electron chi connectivity index (χ0n) is 10.5. The number of hydrogen-bond donors (Lipinski definition) is 2. The summed E-state index contributed by atoms with van der Waals surface area (Å²) in [7, 11) is -3.82. The Bertz CT molecular complexity index is 594. The van der Waals surface area contributed by atoms with Crippen LogP contribution in [0.2, 0.25) is 0 Å². The van der Waals surface area contributed by atoms with Gasteiger partial charge in [-0.1, -0.05) is 42.5 Å². The zero-order valence-corrected chi connectivity index (χ0v) is 12.2. The van der Waals surface area contributed by atoms with E-state index in [-0.39, 0.29) is 6.16 Å². The van der Waals surface area contributed by atoms with Gasteiger partial charge in [-0.15, -0.1) is 0 Å². The van der Waals surface area contributed by atoms with Crippen LogP contribution in [0.5, 0.6) is 0 Å². The number of fused-ring (bicyclic) bond motifs is 1. The Morgan fingerprint density at radius 1 is 1.05 bits per heavy atom. The smallest absolute Gasteiger partial charge is 0.324 e. The lowest BCUT2D eigenvalue weighted by Crippen LogP contribution is -1.91. The first-order valence-corrected chi connectivity index (χ1v) is 9.10. The lowest BCUT2D eigenvalue weighted by atomic mass is 10.1. The minimum absolute atomic E-state index is 0.0162. The molecule has 2 aromatic carbocycles. The molecule has 0 atom stereocenters. The molecule has 0 spiro atoms. The molecular weight excluding hydrogens is 279 g/mol. The molecule has 2 aromatic rings. The summed E-state index contributed by atoms with van der Waals surface area (Å²) in [6.07, 6.45) is 0.542. The summed E-state index contributed by atoms with van der Waals surface area (Å²) in [4.78, 5) is 17.5. The van der Waals surface area contributed by atoms with Crippen molar-refractivity contribution in [1.29, 1.82) is 0 Å². The lowest BCUT2D eigenvalue weighted by molar-refractivity contribution is 0.372. The van der Waals surface area contributed by atoms with Crippen molar-refractivity contribution in [2.75, 3.05) is 11.9 Å². The quantitative estimate of drug-likeness (QED) is 0.631. The average molecular weight is 296 g/mol. The van der Waals surface area contributed by atoms with Crippen molar-refractivity contribution in [3.63, 3.8) is 0 Å². The van der Waals surface area contributed by atoms with Crippen LogP contribution in [-0.2, 0) is 10.3 Å². The minimum Gasteiger partial charge on any atom is -0.324 e. The SMILES string of the molecule is O=P(O)(O)CCCSCc1ccc2ccccc2c1.